The van der Waals surface area contributed by atoms with Gasteiger partial charge in [-0.05, 0) is 45.4 Å². The second-order valence-corrected chi connectivity index (χ2v) is 4.67. The first kappa shape index (κ1) is 11.2. The Morgan fingerprint density at radius 3 is 2.07 bits per heavy atom. The molecule has 14 heavy (non-hydrogen) atoms. The summed E-state index contributed by atoms with van der Waals surface area (Å²) in [5.41, 5.74) is 1.19. The zero-order valence-electron chi connectivity index (χ0n) is 9.26. The summed E-state index contributed by atoms with van der Waals surface area (Å²) in [6.45, 7) is 8.44. The number of nitrogens with one attached hydrogen (secondary N) is 1. The zero-order valence-corrected chi connectivity index (χ0v) is 9.26. The van der Waals surface area contributed by atoms with Crippen LogP contribution in [0.2, 0.25) is 0 Å². The van der Waals surface area contributed by atoms with E-state index in [1.807, 2.05) is 12.1 Å². The second-order valence-electron chi connectivity index (χ2n) is 4.67. The summed E-state index contributed by atoms with van der Waals surface area (Å²) < 4.78 is 12.7. The van der Waals surface area contributed by atoms with Gasteiger partial charge in [0.25, 0.3) is 0 Å². The van der Waals surface area contributed by atoms with E-state index < -0.39 is 0 Å². The molecule has 0 spiro atoms. The second kappa shape index (κ2) is 4.09. The standard InChI is InChI=1S/C12H18FN/c1-9(14-12(2,3)4)10-5-7-11(13)8-6-10/h5-9,14H,1-4H3. The highest BCUT2D eigenvalue weighted by Crippen LogP contribution is 2.16. The maximum Gasteiger partial charge on any atom is 0.123 e. The van der Waals surface area contributed by atoms with Crippen LogP contribution in [0.4, 0.5) is 4.39 Å². The zero-order chi connectivity index (χ0) is 10.8. The SMILES string of the molecule is CC(NC(C)(C)C)c1ccc(F)cc1. The fourth-order valence-corrected chi connectivity index (χ4v) is 1.48. The van der Waals surface area contributed by atoms with Crippen LogP contribution < -0.4 is 5.32 Å². The number of rotatable bonds is 2. The van der Waals surface area contributed by atoms with Crippen molar-refractivity contribution in [2.24, 2.45) is 0 Å². The largest absolute Gasteiger partial charge is 0.306 e. The summed E-state index contributed by atoms with van der Waals surface area (Å²) in [7, 11) is 0. The Balaban J connectivity index is 2.70. The summed E-state index contributed by atoms with van der Waals surface area (Å²) in [5, 5.41) is 3.43. The van der Waals surface area contributed by atoms with Crippen LogP contribution >= 0.6 is 0 Å². The molecule has 1 aromatic rings. The van der Waals surface area contributed by atoms with Gasteiger partial charge in [-0.3, -0.25) is 0 Å². The molecular formula is C12H18FN. The molecule has 0 heterocycles. The lowest BCUT2D eigenvalue weighted by molar-refractivity contribution is 0.378. The third-order valence-electron chi connectivity index (χ3n) is 2.02. The van der Waals surface area contributed by atoms with Crippen LogP contribution in [0.1, 0.15) is 39.3 Å². The minimum atomic E-state index is -0.184. The third kappa shape index (κ3) is 3.46. The van der Waals surface area contributed by atoms with Gasteiger partial charge in [0, 0.05) is 11.6 Å². The highest BCUT2D eigenvalue weighted by Gasteiger charge is 2.14. The van der Waals surface area contributed by atoms with Crippen molar-refractivity contribution >= 4 is 0 Å². The average Bonchev–Trinajstić information content (AvgIpc) is 2.02. The van der Waals surface area contributed by atoms with Gasteiger partial charge in [0.1, 0.15) is 5.82 Å². The van der Waals surface area contributed by atoms with Gasteiger partial charge in [-0.2, -0.15) is 0 Å². The van der Waals surface area contributed by atoms with Crippen molar-refractivity contribution in [2.75, 3.05) is 0 Å². The van der Waals surface area contributed by atoms with E-state index in [1.165, 1.54) is 12.1 Å². The summed E-state index contributed by atoms with van der Waals surface area (Å²) in [4.78, 5) is 0. The normalized spacial score (nSPS) is 14.1. The van der Waals surface area contributed by atoms with E-state index in [2.05, 4.69) is 33.0 Å². The molecule has 1 aromatic carbocycles. The fraction of sp³-hybridized carbons (Fsp3) is 0.500. The molecule has 0 aliphatic heterocycles. The third-order valence-corrected chi connectivity index (χ3v) is 2.02. The number of halogens is 1. The van der Waals surface area contributed by atoms with E-state index in [1.54, 1.807) is 0 Å². The number of benzene rings is 1. The minimum Gasteiger partial charge on any atom is -0.306 e. The van der Waals surface area contributed by atoms with Gasteiger partial charge in [0.05, 0.1) is 0 Å². The van der Waals surface area contributed by atoms with Crippen LogP contribution in [0.25, 0.3) is 0 Å². The molecule has 0 saturated heterocycles. The van der Waals surface area contributed by atoms with Gasteiger partial charge in [-0.1, -0.05) is 12.1 Å². The first-order chi connectivity index (χ1) is 6.38. The Morgan fingerprint density at radius 2 is 1.64 bits per heavy atom. The molecule has 0 fully saturated rings. The predicted octanol–water partition coefficient (Wildman–Crippen LogP) is 3.27. The molecular weight excluding hydrogens is 177 g/mol. The van der Waals surface area contributed by atoms with Gasteiger partial charge in [0.2, 0.25) is 0 Å². The van der Waals surface area contributed by atoms with Gasteiger partial charge in [-0.25, -0.2) is 4.39 Å². The van der Waals surface area contributed by atoms with E-state index in [-0.39, 0.29) is 17.4 Å². The molecule has 0 saturated carbocycles. The van der Waals surface area contributed by atoms with Crippen molar-refractivity contribution < 1.29 is 4.39 Å². The number of hydrogen-bond donors (Lipinski definition) is 1. The summed E-state index contributed by atoms with van der Waals surface area (Å²) in [6, 6.07) is 6.87. The van der Waals surface area contributed by atoms with Crippen LogP contribution in [-0.4, -0.2) is 5.54 Å². The van der Waals surface area contributed by atoms with Crippen LogP contribution in [-0.2, 0) is 0 Å². The van der Waals surface area contributed by atoms with Crippen molar-refractivity contribution in [1.29, 1.82) is 0 Å². The Bertz CT molecular complexity index is 284. The molecule has 78 valence electrons. The Morgan fingerprint density at radius 1 is 1.14 bits per heavy atom. The van der Waals surface area contributed by atoms with Gasteiger partial charge < -0.3 is 5.32 Å². The fourth-order valence-electron chi connectivity index (χ4n) is 1.48. The molecule has 0 bridgehead atoms. The van der Waals surface area contributed by atoms with Crippen LogP contribution in [0.15, 0.2) is 24.3 Å². The van der Waals surface area contributed by atoms with E-state index in [4.69, 9.17) is 0 Å². The average molecular weight is 195 g/mol. The molecule has 2 heteroatoms. The highest BCUT2D eigenvalue weighted by molar-refractivity contribution is 5.19. The van der Waals surface area contributed by atoms with Gasteiger partial charge in [-0.15, -0.1) is 0 Å². The Labute approximate surface area is 85.3 Å². The molecule has 0 aliphatic rings. The summed E-state index contributed by atoms with van der Waals surface area (Å²) in [5.74, 6) is -0.184. The highest BCUT2D eigenvalue weighted by atomic mass is 19.1. The monoisotopic (exact) mass is 195 g/mol. The minimum absolute atomic E-state index is 0.0772. The van der Waals surface area contributed by atoms with Crippen molar-refractivity contribution in [2.45, 2.75) is 39.3 Å². The van der Waals surface area contributed by atoms with E-state index in [0.717, 1.165) is 5.56 Å². The maximum atomic E-state index is 12.7. The molecule has 0 radical (unpaired) electrons. The topological polar surface area (TPSA) is 12.0 Å². The lowest BCUT2D eigenvalue weighted by Crippen LogP contribution is -2.37. The van der Waals surface area contributed by atoms with E-state index in [0.29, 0.717) is 0 Å². The molecule has 0 aliphatic carbocycles. The van der Waals surface area contributed by atoms with Gasteiger partial charge in [0.15, 0.2) is 0 Å². The van der Waals surface area contributed by atoms with Crippen molar-refractivity contribution in [3.63, 3.8) is 0 Å². The van der Waals surface area contributed by atoms with Crippen molar-refractivity contribution in [3.8, 4) is 0 Å². The predicted molar refractivity (Wildman–Crippen MR) is 57.7 cm³/mol. The number of hydrogen-bond acceptors (Lipinski definition) is 1. The first-order valence-corrected chi connectivity index (χ1v) is 4.92. The first-order valence-electron chi connectivity index (χ1n) is 4.92. The lowest BCUT2D eigenvalue weighted by atomic mass is 10.0. The molecule has 1 rings (SSSR count). The van der Waals surface area contributed by atoms with Crippen LogP contribution in [0.3, 0.4) is 0 Å². The van der Waals surface area contributed by atoms with Crippen LogP contribution in [0, 0.1) is 5.82 Å². The Hall–Kier alpha value is -0.890. The summed E-state index contributed by atoms with van der Waals surface area (Å²) in [6.07, 6.45) is 0. The molecule has 0 amide bonds. The molecule has 1 N–H and O–H groups in total. The van der Waals surface area contributed by atoms with E-state index in [9.17, 15) is 4.39 Å². The Kier molecular flexibility index (Phi) is 3.27. The van der Waals surface area contributed by atoms with Gasteiger partial charge >= 0.3 is 0 Å². The lowest BCUT2D eigenvalue weighted by Gasteiger charge is -2.26. The van der Waals surface area contributed by atoms with Crippen molar-refractivity contribution in [3.05, 3.63) is 35.6 Å². The maximum absolute atomic E-state index is 12.7. The summed E-state index contributed by atoms with van der Waals surface area (Å²) >= 11 is 0. The van der Waals surface area contributed by atoms with E-state index >= 15 is 0 Å². The molecule has 1 nitrogen and oxygen atoms in total. The smallest absolute Gasteiger partial charge is 0.123 e. The molecule has 0 aromatic heterocycles. The molecule has 1 atom stereocenters. The van der Waals surface area contributed by atoms with Crippen LogP contribution in [0.5, 0.6) is 0 Å². The quantitative estimate of drug-likeness (QED) is 0.763. The molecule has 1 unspecified atom stereocenters. The van der Waals surface area contributed by atoms with Crippen molar-refractivity contribution in [1.82, 2.24) is 5.32 Å².